The normalized spacial score (nSPS) is 21.1. The lowest BCUT2D eigenvalue weighted by atomic mass is 9.94. The lowest BCUT2D eigenvalue weighted by Gasteiger charge is -2.36. The van der Waals surface area contributed by atoms with Crippen LogP contribution < -0.4 is 5.32 Å². The van der Waals surface area contributed by atoms with Gasteiger partial charge in [-0.2, -0.15) is 0 Å². The zero-order valence-corrected chi connectivity index (χ0v) is 19.5. The Balaban J connectivity index is 1.48. The SMILES string of the molecule is COC(=O)C1=C(C)N=C2SC=C(CC(=O)NCCN3CCCCC3)N2[C@@H]1c1ccccc1. The van der Waals surface area contributed by atoms with Crippen LogP contribution in [-0.4, -0.2) is 60.1 Å². The van der Waals surface area contributed by atoms with Gasteiger partial charge in [-0.25, -0.2) is 9.79 Å². The van der Waals surface area contributed by atoms with Crippen LogP contribution in [0, 0.1) is 0 Å². The molecule has 1 aromatic carbocycles. The number of nitrogens with zero attached hydrogens (tertiary/aromatic N) is 3. The van der Waals surface area contributed by atoms with Gasteiger partial charge in [0.15, 0.2) is 5.17 Å². The zero-order valence-electron chi connectivity index (χ0n) is 18.7. The molecule has 170 valence electrons. The van der Waals surface area contributed by atoms with E-state index in [9.17, 15) is 9.59 Å². The van der Waals surface area contributed by atoms with Crippen molar-refractivity contribution in [3.63, 3.8) is 0 Å². The number of benzene rings is 1. The molecule has 1 atom stereocenters. The molecule has 32 heavy (non-hydrogen) atoms. The van der Waals surface area contributed by atoms with E-state index in [1.807, 2.05) is 47.6 Å². The average molecular weight is 455 g/mol. The maximum atomic E-state index is 12.7. The number of ether oxygens (including phenoxy) is 1. The lowest BCUT2D eigenvalue weighted by Crippen LogP contribution is -2.39. The van der Waals surface area contributed by atoms with Crippen molar-refractivity contribution in [3.8, 4) is 0 Å². The molecule has 0 aliphatic carbocycles. The minimum Gasteiger partial charge on any atom is -0.466 e. The number of fused-ring (bicyclic) bond motifs is 1. The number of aliphatic imine (C=N–C) groups is 1. The van der Waals surface area contributed by atoms with E-state index in [-0.39, 0.29) is 18.4 Å². The van der Waals surface area contributed by atoms with Gasteiger partial charge in [-0.1, -0.05) is 48.5 Å². The largest absolute Gasteiger partial charge is 0.466 e. The number of amidine groups is 1. The maximum Gasteiger partial charge on any atom is 0.338 e. The van der Waals surface area contributed by atoms with Gasteiger partial charge in [0.2, 0.25) is 5.91 Å². The molecule has 1 saturated heterocycles. The van der Waals surface area contributed by atoms with Crippen molar-refractivity contribution in [2.45, 2.75) is 38.6 Å². The molecule has 3 aliphatic heterocycles. The minimum absolute atomic E-state index is 0.0205. The molecule has 1 aromatic rings. The smallest absolute Gasteiger partial charge is 0.338 e. The highest BCUT2D eigenvalue weighted by molar-refractivity contribution is 8.16. The Morgan fingerprint density at radius 3 is 2.66 bits per heavy atom. The molecule has 1 amide bonds. The van der Waals surface area contributed by atoms with Crippen LogP contribution in [0.4, 0.5) is 0 Å². The van der Waals surface area contributed by atoms with Gasteiger partial charge >= 0.3 is 5.97 Å². The molecule has 0 unspecified atom stereocenters. The fourth-order valence-electron chi connectivity index (χ4n) is 4.45. The summed E-state index contributed by atoms with van der Waals surface area (Å²) < 4.78 is 5.08. The summed E-state index contributed by atoms with van der Waals surface area (Å²) in [5.74, 6) is -0.422. The summed E-state index contributed by atoms with van der Waals surface area (Å²) in [6.07, 6.45) is 4.03. The molecule has 0 bridgehead atoms. The van der Waals surface area contributed by atoms with Crippen molar-refractivity contribution < 1.29 is 14.3 Å². The second-order valence-electron chi connectivity index (χ2n) is 8.22. The van der Waals surface area contributed by atoms with Crippen LogP contribution in [0.5, 0.6) is 0 Å². The Bertz CT molecular complexity index is 951. The summed E-state index contributed by atoms with van der Waals surface area (Å²) in [4.78, 5) is 34.5. The first-order chi connectivity index (χ1) is 15.6. The Kier molecular flexibility index (Phi) is 7.32. The number of esters is 1. The van der Waals surface area contributed by atoms with Gasteiger partial charge in [-0.3, -0.25) is 4.79 Å². The number of carbonyl (C=O) groups excluding carboxylic acids is 2. The van der Waals surface area contributed by atoms with E-state index < -0.39 is 5.97 Å². The monoisotopic (exact) mass is 454 g/mol. The predicted octanol–water partition coefficient (Wildman–Crippen LogP) is 3.43. The van der Waals surface area contributed by atoms with Gasteiger partial charge in [0.1, 0.15) is 0 Å². The second-order valence-corrected chi connectivity index (χ2v) is 9.06. The van der Waals surface area contributed by atoms with Crippen molar-refractivity contribution in [2.75, 3.05) is 33.3 Å². The standard InChI is InChI=1S/C24H30N4O3S/c1-17-21(23(30)31-2)22(18-9-5-3-6-10-18)28-19(16-32-24(28)26-17)15-20(29)25-11-14-27-12-7-4-8-13-27/h3,5-6,9-10,16,22H,4,7-8,11-15H2,1-2H3,(H,25,29)/t22-/m1/s1. The Morgan fingerprint density at radius 1 is 1.19 bits per heavy atom. The van der Waals surface area contributed by atoms with Gasteiger partial charge in [-0.15, -0.1) is 0 Å². The number of nitrogens with one attached hydrogen (secondary N) is 1. The van der Waals surface area contributed by atoms with E-state index in [1.165, 1.54) is 38.1 Å². The fraction of sp³-hybridized carbons (Fsp3) is 0.458. The van der Waals surface area contributed by atoms with Crippen LogP contribution in [0.3, 0.4) is 0 Å². The first kappa shape index (κ1) is 22.6. The number of thioether (sulfide) groups is 1. The third kappa shape index (κ3) is 4.91. The number of piperidine rings is 1. The van der Waals surface area contributed by atoms with Crippen LogP contribution in [-0.2, 0) is 14.3 Å². The van der Waals surface area contributed by atoms with Gasteiger partial charge in [0, 0.05) is 18.8 Å². The van der Waals surface area contributed by atoms with Crippen molar-refractivity contribution in [3.05, 3.63) is 58.3 Å². The van der Waals surface area contributed by atoms with E-state index in [2.05, 4.69) is 15.2 Å². The molecule has 8 heteroatoms. The highest BCUT2D eigenvalue weighted by Crippen LogP contribution is 2.44. The van der Waals surface area contributed by atoms with E-state index in [0.717, 1.165) is 36.1 Å². The van der Waals surface area contributed by atoms with Crippen molar-refractivity contribution >= 4 is 28.8 Å². The zero-order chi connectivity index (χ0) is 22.5. The number of amides is 1. The second kappa shape index (κ2) is 10.4. The van der Waals surface area contributed by atoms with E-state index >= 15 is 0 Å². The van der Waals surface area contributed by atoms with Crippen molar-refractivity contribution in [2.24, 2.45) is 4.99 Å². The molecule has 1 N–H and O–H groups in total. The highest BCUT2D eigenvalue weighted by Gasteiger charge is 2.40. The molecule has 0 aromatic heterocycles. The summed E-state index contributed by atoms with van der Waals surface area (Å²) in [7, 11) is 1.38. The first-order valence-electron chi connectivity index (χ1n) is 11.1. The van der Waals surface area contributed by atoms with Gasteiger partial charge in [-0.05, 0) is 43.8 Å². The number of carbonyl (C=O) groups is 2. The quantitative estimate of drug-likeness (QED) is 0.637. The van der Waals surface area contributed by atoms with E-state index in [1.54, 1.807) is 0 Å². The third-order valence-corrected chi connectivity index (χ3v) is 6.95. The Morgan fingerprint density at radius 2 is 1.94 bits per heavy atom. The molecule has 3 aliphatic rings. The van der Waals surface area contributed by atoms with Crippen LogP contribution in [0.15, 0.2) is 57.7 Å². The number of hydrogen-bond donors (Lipinski definition) is 1. The Labute approximate surface area is 193 Å². The van der Waals surface area contributed by atoms with Gasteiger partial charge < -0.3 is 19.9 Å². The summed E-state index contributed by atoms with van der Waals surface area (Å²) in [5, 5.41) is 5.80. The molecule has 0 spiro atoms. The van der Waals surface area contributed by atoms with E-state index in [0.29, 0.717) is 17.8 Å². The van der Waals surface area contributed by atoms with Crippen LogP contribution >= 0.6 is 11.8 Å². The molecule has 1 fully saturated rings. The van der Waals surface area contributed by atoms with Gasteiger partial charge in [0.25, 0.3) is 0 Å². The fourth-order valence-corrected chi connectivity index (χ4v) is 5.42. The molecular weight excluding hydrogens is 424 g/mol. The number of hydrogen-bond acceptors (Lipinski definition) is 7. The summed E-state index contributed by atoms with van der Waals surface area (Å²) in [6, 6.07) is 9.45. The predicted molar refractivity (Wildman–Crippen MR) is 127 cm³/mol. The van der Waals surface area contributed by atoms with Crippen molar-refractivity contribution in [1.29, 1.82) is 0 Å². The molecule has 7 nitrogen and oxygen atoms in total. The number of allylic oxidation sites excluding steroid dienone is 1. The Hall–Kier alpha value is -2.58. The van der Waals surface area contributed by atoms with Crippen LogP contribution in [0.2, 0.25) is 0 Å². The average Bonchev–Trinajstić information content (AvgIpc) is 3.20. The summed E-state index contributed by atoms with van der Waals surface area (Å²) in [6.45, 7) is 5.60. The lowest BCUT2D eigenvalue weighted by molar-refractivity contribution is -0.136. The van der Waals surface area contributed by atoms with E-state index in [4.69, 9.17) is 4.74 Å². The van der Waals surface area contributed by atoms with Gasteiger partial charge in [0.05, 0.1) is 30.8 Å². The number of rotatable bonds is 7. The summed E-state index contributed by atoms with van der Waals surface area (Å²) in [5.41, 5.74) is 2.94. The van der Waals surface area contributed by atoms with Crippen LogP contribution in [0.25, 0.3) is 0 Å². The third-order valence-electron chi connectivity index (χ3n) is 6.06. The highest BCUT2D eigenvalue weighted by atomic mass is 32.2. The topological polar surface area (TPSA) is 74.2 Å². The molecule has 3 heterocycles. The van der Waals surface area contributed by atoms with Crippen LogP contribution in [0.1, 0.15) is 44.2 Å². The molecular formula is C24H30N4O3S. The molecule has 0 saturated carbocycles. The summed E-state index contributed by atoms with van der Waals surface area (Å²) >= 11 is 1.49. The first-order valence-corrected chi connectivity index (χ1v) is 12.0. The van der Waals surface area contributed by atoms with Crippen molar-refractivity contribution in [1.82, 2.24) is 15.1 Å². The maximum absolute atomic E-state index is 12.7. The number of likely N-dealkylation sites (tertiary alicyclic amines) is 1. The molecule has 0 radical (unpaired) electrons. The molecule has 4 rings (SSSR count). The number of methoxy groups -OCH3 is 1. The minimum atomic E-state index is -0.401.